The molecule has 8 nitrogen and oxygen atoms in total. The number of halogens is 1. The first-order valence-electron chi connectivity index (χ1n) is 9.21. The lowest BCUT2D eigenvalue weighted by molar-refractivity contribution is -0.122. The minimum atomic E-state index is -3.75. The van der Waals surface area contributed by atoms with Crippen molar-refractivity contribution >= 4 is 34.2 Å². The Kier molecular flexibility index (Phi) is 7.44. The third kappa shape index (κ3) is 4.83. The van der Waals surface area contributed by atoms with Crippen LogP contribution >= 0.6 is 12.4 Å². The van der Waals surface area contributed by atoms with Crippen molar-refractivity contribution in [1.82, 2.24) is 14.5 Å². The Labute approximate surface area is 171 Å². The van der Waals surface area contributed by atoms with Crippen molar-refractivity contribution in [2.45, 2.75) is 30.7 Å². The standard InChI is InChI=1S/C18H26N4O4S.ClH/c1-13(19)15-3-2-9-21(11-15)18(24)14-4-6-16(7-5-14)27(25,26)22-10-8-20-17(23)12-22;/h4-7,13,15H,2-3,8-12,19H2,1H3,(H,20,23);1H. The summed E-state index contributed by atoms with van der Waals surface area (Å²) in [5, 5.41) is 2.60. The Bertz CT molecular complexity index is 813. The molecule has 2 aliphatic heterocycles. The minimum absolute atomic E-state index is 0. The van der Waals surface area contributed by atoms with Gasteiger partial charge in [0.25, 0.3) is 5.91 Å². The molecule has 0 bridgehead atoms. The van der Waals surface area contributed by atoms with Crippen molar-refractivity contribution in [3.8, 4) is 0 Å². The van der Waals surface area contributed by atoms with Crippen LogP contribution in [-0.4, -0.2) is 68.2 Å². The van der Waals surface area contributed by atoms with Crippen molar-refractivity contribution in [1.29, 1.82) is 0 Å². The van der Waals surface area contributed by atoms with E-state index >= 15 is 0 Å². The first-order valence-corrected chi connectivity index (χ1v) is 10.6. The zero-order valence-corrected chi connectivity index (χ0v) is 17.5. The van der Waals surface area contributed by atoms with Gasteiger partial charge in [-0.2, -0.15) is 4.31 Å². The number of amides is 2. The van der Waals surface area contributed by atoms with Gasteiger partial charge in [-0.05, 0) is 49.9 Å². The highest BCUT2D eigenvalue weighted by molar-refractivity contribution is 7.89. The molecule has 0 saturated carbocycles. The Morgan fingerprint density at radius 2 is 1.93 bits per heavy atom. The lowest BCUT2D eigenvalue weighted by Crippen LogP contribution is -2.49. The highest BCUT2D eigenvalue weighted by atomic mass is 35.5. The number of piperazine rings is 1. The number of carbonyl (C=O) groups is 2. The first-order chi connectivity index (χ1) is 12.8. The van der Waals surface area contributed by atoms with Crippen LogP contribution in [0.1, 0.15) is 30.1 Å². The normalized spacial score (nSPS) is 22.1. The summed E-state index contributed by atoms with van der Waals surface area (Å²) in [7, 11) is -3.75. The molecular weight excluding hydrogens is 404 g/mol. The monoisotopic (exact) mass is 430 g/mol. The van der Waals surface area contributed by atoms with Crippen molar-refractivity contribution in [2.24, 2.45) is 11.7 Å². The summed E-state index contributed by atoms with van der Waals surface area (Å²) in [5.74, 6) is -0.139. The number of benzene rings is 1. The maximum atomic E-state index is 12.7. The molecule has 2 atom stereocenters. The molecule has 1 aromatic rings. The number of likely N-dealkylation sites (tertiary alicyclic amines) is 1. The molecule has 0 aromatic heterocycles. The van der Waals surface area contributed by atoms with Crippen molar-refractivity contribution in [3.63, 3.8) is 0 Å². The summed E-state index contributed by atoms with van der Waals surface area (Å²) in [6, 6.07) is 5.97. The Morgan fingerprint density at radius 3 is 2.54 bits per heavy atom. The highest BCUT2D eigenvalue weighted by Crippen LogP contribution is 2.22. The average molecular weight is 431 g/mol. The zero-order chi connectivity index (χ0) is 19.6. The number of piperidine rings is 1. The van der Waals surface area contributed by atoms with E-state index in [0.29, 0.717) is 25.2 Å². The van der Waals surface area contributed by atoms with E-state index in [1.54, 1.807) is 4.90 Å². The molecular formula is C18H27ClN4O4S. The molecule has 2 fully saturated rings. The van der Waals surface area contributed by atoms with E-state index in [0.717, 1.165) is 17.1 Å². The van der Waals surface area contributed by atoms with Gasteiger partial charge in [0.1, 0.15) is 0 Å². The van der Waals surface area contributed by atoms with E-state index in [2.05, 4.69) is 5.32 Å². The van der Waals surface area contributed by atoms with Crippen LogP contribution < -0.4 is 11.1 Å². The molecule has 2 saturated heterocycles. The van der Waals surface area contributed by atoms with E-state index in [9.17, 15) is 18.0 Å². The highest BCUT2D eigenvalue weighted by Gasteiger charge is 2.30. The topological polar surface area (TPSA) is 113 Å². The van der Waals surface area contributed by atoms with E-state index in [1.165, 1.54) is 24.3 Å². The van der Waals surface area contributed by atoms with Gasteiger partial charge in [0.15, 0.2) is 0 Å². The van der Waals surface area contributed by atoms with Crippen LogP contribution in [-0.2, 0) is 14.8 Å². The lowest BCUT2D eigenvalue weighted by Gasteiger charge is -2.34. The second-order valence-corrected chi connectivity index (χ2v) is 9.16. The predicted octanol–water partition coefficient (Wildman–Crippen LogP) is 0.428. The van der Waals surface area contributed by atoms with Gasteiger partial charge < -0.3 is 16.0 Å². The van der Waals surface area contributed by atoms with Gasteiger partial charge in [-0.3, -0.25) is 9.59 Å². The zero-order valence-electron chi connectivity index (χ0n) is 15.8. The summed E-state index contributed by atoms with van der Waals surface area (Å²) >= 11 is 0. The number of carbonyl (C=O) groups excluding carboxylic acids is 2. The Balaban J connectivity index is 0.00000280. The van der Waals surface area contributed by atoms with Gasteiger partial charge in [-0.1, -0.05) is 0 Å². The number of sulfonamides is 1. The van der Waals surface area contributed by atoms with Crippen LogP contribution in [0.3, 0.4) is 0 Å². The summed E-state index contributed by atoms with van der Waals surface area (Å²) in [6.07, 6.45) is 1.93. The van der Waals surface area contributed by atoms with Crippen LogP contribution in [0.5, 0.6) is 0 Å². The fourth-order valence-corrected chi connectivity index (χ4v) is 4.94. The second-order valence-electron chi connectivity index (χ2n) is 7.23. The fourth-order valence-electron chi connectivity index (χ4n) is 3.55. The summed E-state index contributed by atoms with van der Waals surface area (Å²) in [4.78, 5) is 26.1. The molecule has 2 unspecified atom stereocenters. The van der Waals surface area contributed by atoms with Crippen LogP contribution in [0.2, 0.25) is 0 Å². The third-order valence-electron chi connectivity index (χ3n) is 5.23. The summed E-state index contributed by atoms with van der Waals surface area (Å²) in [6.45, 7) is 3.62. The van der Waals surface area contributed by atoms with E-state index in [1.807, 2.05) is 6.92 Å². The van der Waals surface area contributed by atoms with Crippen molar-refractivity contribution in [2.75, 3.05) is 32.7 Å². The van der Waals surface area contributed by atoms with Gasteiger partial charge in [-0.15, -0.1) is 12.4 Å². The van der Waals surface area contributed by atoms with Crippen LogP contribution in [0.15, 0.2) is 29.2 Å². The van der Waals surface area contributed by atoms with Crippen LogP contribution in [0, 0.1) is 5.92 Å². The third-order valence-corrected chi connectivity index (χ3v) is 7.09. The van der Waals surface area contributed by atoms with Crippen LogP contribution in [0.25, 0.3) is 0 Å². The van der Waals surface area contributed by atoms with Crippen molar-refractivity contribution in [3.05, 3.63) is 29.8 Å². The van der Waals surface area contributed by atoms with Gasteiger partial charge in [0, 0.05) is 37.8 Å². The fraction of sp³-hybridized carbons (Fsp3) is 0.556. The van der Waals surface area contributed by atoms with E-state index < -0.39 is 10.0 Å². The lowest BCUT2D eigenvalue weighted by atomic mass is 9.92. The summed E-state index contributed by atoms with van der Waals surface area (Å²) in [5.41, 5.74) is 6.43. The number of rotatable bonds is 4. The molecule has 2 aliphatic rings. The molecule has 3 N–H and O–H groups in total. The Morgan fingerprint density at radius 1 is 1.25 bits per heavy atom. The van der Waals surface area contributed by atoms with Gasteiger partial charge in [0.05, 0.1) is 11.4 Å². The number of nitrogens with zero attached hydrogens (tertiary/aromatic N) is 2. The van der Waals surface area contributed by atoms with Gasteiger partial charge >= 0.3 is 0 Å². The molecule has 0 radical (unpaired) electrons. The molecule has 1 aromatic carbocycles. The van der Waals surface area contributed by atoms with Gasteiger partial charge in [-0.25, -0.2) is 8.42 Å². The number of hydrogen-bond donors (Lipinski definition) is 2. The maximum absolute atomic E-state index is 12.7. The van der Waals surface area contributed by atoms with Gasteiger partial charge in [0.2, 0.25) is 15.9 Å². The smallest absolute Gasteiger partial charge is 0.253 e. The van der Waals surface area contributed by atoms with Crippen LogP contribution in [0.4, 0.5) is 0 Å². The Hall–Kier alpha value is -1.68. The molecule has 28 heavy (non-hydrogen) atoms. The molecule has 0 aliphatic carbocycles. The quantitative estimate of drug-likeness (QED) is 0.719. The maximum Gasteiger partial charge on any atom is 0.253 e. The molecule has 2 heterocycles. The second kappa shape index (κ2) is 9.21. The number of nitrogens with one attached hydrogen (secondary N) is 1. The summed E-state index contributed by atoms with van der Waals surface area (Å²) < 4.78 is 26.5. The molecule has 3 rings (SSSR count). The molecule has 156 valence electrons. The SMILES string of the molecule is CC(N)C1CCCN(C(=O)c2ccc(S(=O)(=O)N3CCNC(=O)C3)cc2)C1.Cl. The molecule has 10 heteroatoms. The van der Waals surface area contributed by atoms with E-state index in [-0.39, 0.29) is 54.2 Å². The number of nitrogens with two attached hydrogens (primary N) is 1. The average Bonchev–Trinajstić information content (AvgIpc) is 2.67. The van der Waals surface area contributed by atoms with E-state index in [4.69, 9.17) is 5.73 Å². The largest absolute Gasteiger partial charge is 0.354 e. The minimum Gasteiger partial charge on any atom is -0.354 e. The number of hydrogen-bond acceptors (Lipinski definition) is 5. The molecule has 0 spiro atoms. The first kappa shape index (κ1) is 22.6. The molecule has 2 amide bonds. The van der Waals surface area contributed by atoms with Crippen molar-refractivity contribution < 1.29 is 18.0 Å². The predicted molar refractivity (Wildman–Crippen MR) is 108 cm³/mol.